The second kappa shape index (κ2) is 5.20. The molecule has 3 aromatic rings. The maximum atomic E-state index is 12.2. The quantitative estimate of drug-likeness (QED) is 0.658. The van der Waals surface area contributed by atoms with E-state index in [0.717, 1.165) is 23.2 Å². The van der Waals surface area contributed by atoms with Crippen LogP contribution in [-0.4, -0.2) is 36.3 Å². The van der Waals surface area contributed by atoms with Gasteiger partial charge in [0, 0.05) is 17.3 Å². The number of rotatable bonds is 4. The second-order valence-electron chi connectivity index (χ2n) is 5.40. The average Bonchev–Trinajstić information content (AvgIpc) is 3.12. The van der Waals surface area contributed by atoms with Crippen molar-refractivity contribution >= 4 is 11.6 Å². The topological polar surface area (TPSA) is 121 Å². The third kappa shape index (κ3) is 2.63. The molecule has 1 aliphatic rings. The molecule has 2 aromatic heterocycles. The molecule has 1 aromatic carbocycles. The van der Waals surface area contributed by atoms with Crippen LogP contribution < -0.4 is 11.0 Å². The predicted molar refractivity (Wildman–Crippen MR) is 80.5 cm³/mol. The Kier molecular flexibility index (Phi) is 3.04. The molecule has 0 saturated heterocycles. The first kappa shape index (κ1) is 13.4. The van der Waals surface area contributed by atoms with E-state index in [2.05, 4.69) is 31.0 Å². The summed E-state index contributed by atoms with van der Waals surface area (Å²) in [5.74, 6) is 0.239. The SMILES string of the molecule is O=C(Nc1ccc(-n2nn[nH]c2=O)cc1)c1cc(C2CC2)[nH]n1. The van der Waals surface area contributed by atoms with Crippen LogP contribution >= 0.6 is 0 Å². The molecule has 0 spiro atoms. The lowest BCUT2D eigenvalue weighted by Gasteiger charge is -2.04. The molecule has 1 fully saturated rings. The van der Waals surface area contributed by atoms with Crippen molar-refractivity contribution in [2.24, 2.45) is 0 Å². The van der Waals surface area contributed by atoms with E-state index in [4.69, 9.17) is 0 Å². The molecule has 9 nitrogen and oxygen atoms in total. The van der Waals surface area contributed by atoms with Gasteiger partial charge in [0.1, 0.15) is 0 Å². The van der Waals surface area contributed by atoms with E-state index in [9.17, 15) is 9.59 Å². The van der Waals surface area contributed by atoms with E-state index < -0.39 is 5.69 Å². The number of hydrogen-bond donors (Lipinski definition) is 3. The van der Waals surface area contributed by atoms with Crippen molar-refractivity contribution in [3.63, 3.8) is 0 Å². The monoisotopic (exact) mass is 311 g/mol. The average molecular weight is 311 g/mol. The maximum absolute atomic E-state index is 12.2. The molecule has 9 heteroatoms. The number of amides is 1. The first-order valence-corrected chi connectivity index (χ1v) is 7.18. The number of carbonyl (C=O) groups is 1. The molecular weight excluding hydrogens is 298 g/mol. The number of carbonyl (C=O) groups excluding carboxylic acids is 1. The largest absolute Gasteiger partial charge is 0.365 e. The van der Waals surface area contributed by atoms with Crippen LogP contribution in [0.15, 0.2) is 35.1 Å². The van der Waals surface area contributed by atoms with Crippen molar-refractivity contribution in [1.29, 1.82) is 0 Å². The fourth-order valence-electron chi connectivity index (χ4n) is 2.30. The van der Waals surface area contributed by atoms with Crippen LogP contribution in [-0.2, 0) is 0 Å². The summed E-state index contributed by atoms with van der Waals surface area (Å²) in [4.78, 5) is 23.6. The lowest BCUT2D eigenvalue weighted by Crippen LogP contribution is -2.16. The van der Waals surface area contributed by atoms with Crippen LogP contribution in [0.1, 0.15) is 34.9 Å². The molecule has 0 radical (unpaired) electrons. The molecule has 116 valence electrons. The first-order chi connectivity index (χ1) is 11.2. The van der Waals surface area contributed by atoms with Gasteiger partial charge < -0.3 is 5.32 Å². The molecule has 1 aliphatic carbocycles. The fraction of sp³-hybridized carbons (Fsp3) is 0.214. The smallest absolute Gasteiger partial charge is 0.321 e. The van der Waals surface area contributed by atoms with E-state index >= 15 is 0 Å². The molecular formula is C14H13N7O2. The van der Waals surface area contributed by atoms with Gasteiger partial charge in [-0.3, -0.25) is 9.89 Å². The van der Waals surface area contributed by atoms with Crippen molar-refractivity contribution in [1.82, 2.24) is 30.4 Å². The molecule has 0 aliphatic heterocycles. The van der Waals surface area contributed by atoms with E-state index in [1.807, 2.05) is 0 Å². The summed E-state index contributed by atoms with van der Waals surface area (Å²) in [6.07, 6.45) is 2.29. The number of hydrogen-bond acceptors (Lipinski definition) is 5. The van der Waals surface area contributed by atoms with Crippen molar-refractivity contribution in [3.8, 4) is 5.69 Å². The highest BCUT2D eigenvalue weighted by Crippen LogP contribution is 2.39. The molecule has 0 atom stereocenters. The van der Waals surface area contributed by atoms with Crippen LogP contribution in [0.25, 0.3) is 5.69 Å². The van der Waals surface area contributed by atoms with Crippen LogP contribution in [0.4, 0.5) is 5.69 Å². The minimum absolute atomic E-state index is 0.278. The predicted octanol–water partition coefficient (Wildman–Crippen LogP) is 0.808. The highest BCUT2D eigenvalue weighted by atomic mass is 16.2. The van der Waals surface area contributed by atoms with Crippen LogP contribution in [0.2, 0.25) is 0 Å². The van der Waals surface area contributed by atoms with Crippen LogP contribution in [0.3, 0.4) is 0 Å². The highest BCUT2D eigenvalue weighted by Gasteiger charge is 2.26. The Morgan fingerprint density at radius 3 is 2.65 bits per heavy atom. The number of nitrogens with one attached hydrogen (secondary N) is 3. The summed E-state index contributed by atoms with van der Waals surface area (Å²) in [5.41, 5.74) is 2.11. The summed E-state index contributed by atoms with van der Waals surface area (Å²) in [6, 6.07) is 8.49. The minimum Gasteiger partial charge on any atom is -0.321 e. The second-order valence-corrected chi connectivity index (χ2v) is 5.40. The van der Waals surface area contributed by atoms with Gasteiger partial charge in [-0.25, -0.2) is 9.89 Å². The van der Waals surface area contributed by atoms with Gasteiger partial charge in [-0.05, 0) is 53.6 Å². The maximum Gasteiger partial charge on any atom is 0.365 e. The third-order valence-corrected chi connectivity index (χ3v) is 3.69. The number of aromatic amines is 2. The summed E-state index contributed by atoms with van der Waals surface area (Å²) in [6.45, 7) is 0. The number of anilines is 1. The Morgan fingerprint density at radius 2 is 2.00 bits per heavy atom. The Hall–Kier alpha value is -3.23. The Morgan fingerprint density at radius 1 is 1.22 bits per heavy atom. The normalized spacial score (nSPS) is 13.9. The van der Waals surface area contributed by atoms with E-state index in [-0.39, 0.29) is 5.91 Å². The van der Waals surface area contributed by atoms with E-state index in [1.165, 1.54) is 0 Å². The van der Waals surface area contributed by atoms with Crippen molar-refractivity contribution < 1.29 is 4.79 Å². The molecule has 0 unspecified atom stereocenters. The van der Waals surface area contributed by atoms with Crippen molar-refractivity contribution in [2.45, 2.75) is 18.8 Å². The lowest BCUT2D eigenvalue weighted by molar-refractivity contribution is 0.102. The number of benzene rings is 1. The Bertz CT molecular complexity index is 902. The molecule has 3 N–H and O–H groups in total. The standard InChI is InChI=1S/C14H13N7O2/c22-13(12-7-11(16-17-12)8-1-2-8)15-9-3-5-10(6-4-9)21-14(23)18-19-20-21/h3-8H,1-2H2,(H,15,22)(H,16,17)(H,18,20,23). The van der Waals surface area contributed by atoms with Gasteiger partial charge >= 0.3 is 5.69 Å². The van der Waals surface area contributed by atoms with Gasteiger partial charge in [-0.1, -0.05) is 0 Å². The summed E-state index contributed by atoms with van der Waals surface area (Å²) >= 11 is 0. The van der Waals surface area contributed by atoms with E-state index in [0.29, 0.717) is 23.0 Å². The molecule has 2 heterocycles. The minimum atomic E-state index is -0.425. The lowest BCUT2D eigenvalue weighted by atomic mass is 10.2. The summed E-state index contributed by atoms with van der Waals surface area (Å²) in [7, 11) is 0. The highest BCUT2D eigenvalue weighted by molar-refractivity contribution is 6.02. The zero-order valence-corrected chi connectivity index (χ0v) is 12.0. The zero-order chi connectivity index (χ0) is 15.8. The Balaban J connectivity index is 1.48. The van der Waals surface area contributed by atoms with Gasteiger partial charge in [0.25, 0.3) is 5.91 Å². The van der Waals surface area contributed by atoms with Crippen LogP contribution in [0.5, 0.6) is 0 Å². The number of H-pyrrole nitrogens is 2. The number of nitrogens with zero attached hydrogens (tertiary/aromatic N) is 4. The van der Waals surface area contributed by atoms with Gasteiger partial charge in [0.05, 0.1) is 5.69 Å². The fourth-order valence-corrected chi connectivity index (χ4v) is 2.30. The number of tetrazole rings is 1. The van der Waals surface area contributed by atoms with Crippen LogP contribution in [0, 0.1) is 0 Å². The molecule has 23 heavy (non-hydrogen) atoms. The molecule has 1 saturated carbocycles. The Labute approximate surface area is 129 Å². The van der Waals surface area contributed by atoms with Gasteiger partial charge in [0.15, 0.2) is 5.69 Å². The van der Waals surface area contributed by atoms with Crippen molar-refractivity contribution in [2.75, 3.05) is 5.32 Å². The first-order valence-electron chi connectivity index (χ1n) is 7.18. The summed E-state index contributed by atoms with van der Waals surface area (Å²) in [5, 5.41) is 19.0. The van der Waals surface area contributed by atoms with Gasteiger partial charge in [-0.2, -0.15) is 9.78 Å². The van der Waals surface area contributed by atoms with Gasteiger partial charge in [-0.15, -0.1) is 0 Å². The third-order valence-electron chi connectivity index (χ3n) is 3.69. The zero-order valence-electron chi connectivity index (χ0n) is 12.0. The van der Waals surface area contributed by atoms with Gasteiger partial charge in [0.2, 0.25) is 0 Å². The molecule has 0 bridgehead atoms. The summed E-state index contributed by atoms with van der Waals surface area (Å²) < 4.78 is 1.13. The van der Waals surface area contributed by atoms with Crippen molar-refractivity contribution in [3.05, 3.63) is 52.2 Å². The van der Waals surface area contributed by atoms with E-state index in [1.54, 1.807) is 30.3 Å². The number of aromatic nitrogens is 6. The molecule has 1 amide bonds. The molecule has 4 rings (SSSR count).